The van der Waals surface area contributed by atoms with Crippen molar-refractivity contribution in [2.75, 3.05) is 32.1 Å². The van der Waals surface area contributed by atoms with E-state index in [1.165, 1.54) is 0 Å². The summed E-state index contributed by atoms with van der Waals surface area (Å²) in [6.07, 6.45) is 3.46. The van der Waals surface area contributed by atoms with E-state index in [9.17, 15) is 4.79 Å². The quantitative estimate of drug-likeness (QED) is 0.725. The van der Waals surface area contributed by atoms with E-state index < -0.39 is 0 Å². The first-order valence-electron chi connectivity index (χ1n) is 6.26. The predicted octanol–water partition coefficient (Wildman–Crippen LogP) is 2.64. The Kier molecular flexibility index (Phi) is 4.89. The minimum absolute atomic E-state index is 0.151. The van der Waals surface area contributed by atoms with E-state index in [-0.39, 0.29) is 11.8 Å². The van der Waals surface area contributed by atoms with Crippen LogP contribution >= 0.6 is 34.2 Å². The van der Waals surface area contributed by atoms with Gasteiger partial charge < -0.3 is 9.80 Å². The summed E-state index contributed by atoms with van der Waals surface area (Å²) in [6.45, 7) is 1.74. The molecule has 1 aliphatic heterocycles. The molecule has 1 aromatic rings. The fraction of sp³-hybridized carbons (Fsp3) is 0.538. The molecule has 0 radical (unpaired) electrons. The van der Waals surface area contributed by atoms with Gasteiger partial charge in [0.15, 0.2) is 0 Å². The number of halogens is 2. The molecule has 0 unspecified atom stereocenters. The van der Waals surface area contributed by atoms with Crippen LogP contribution in [-0.2, 0) is 4.79 Å². The van der Waals surface area contributed by atoms with Crippen molar-refractivity contribution in [2.24, 2.45) is 5.92 Å². The van der Waals surface area contributed by atoms with Crippen molar-refractivity contribution >= 4 is 45.9 Å². The van der Waals surface area contributed by atoms with Crippen LogP contribution in [0.1, 0.15) is 12.8 Å². The number of carbonyl (C=O) groups is 1. The summed E-state index contributed by atoms with van der Waals surface area (Å²) in [6, 6.07) is 2.00. The summed E-state index contributed by atoms with van der Waals surface area (Å²) in [5.41, 5.74) is 0. The van der Waals surface area contributed by atoms with Gasteiger partial charge in [0.2, 0.25) is 5.91 Å². The van der Waals surface area contributed by atoms with Gasteiger partial charge in [-0.25, -0.2) is 4.98 Å². The molecular weight excluding hydrogens is 377 g/mol. The lowest BCUT2D eigenvalue weighted by molar-refractivity contribution is -0.133. The number of anilines is 1. The standard InChI is InChI=1S/C13H17ClIN3O/c1-17(2)13(19)9-3-5-18(6-4-9)12-7-11(15)10(14)8-16-12/h7-9H,3-6H2,1-2H3. The molecule has 0 spiro atoms. The topological polar surface area (TPSA) is 36.4 Å². The van der Waals surface area contributed by atoms with Crippen LogP contribution in [0.4, 0.5) is 5.82 Å². The first kappa shape index (κ1) is 14.8. The molecule has 2 rings (SSSR count). The minimum atomic E-state index is 0.151. The smallest absolute Gasteiger partial charge is 0.225 e. The summed E-state index contributed by atoms with van der Waals surface area (Å²) in [7, 11) is 3.63. The van der Waals surface area contributed by atoms with Gasteiger partial charge in [0.05, 0.1) is 5.02 Å². The number of amides is 1. The van der Waals surface area contributed by atoms with Crippen LogP contribution in [0.15, 0.2) is 12.3 Å². The van der Waals surface area contributed by atoms with Crippen molar-refractivity contribution < 1.29 is 4.79 Å². The fourth-order valence-corrected chi connectivity index (χ4v) is 2.82. The number of nitrogens with zero attached hydrogens (tertiary/aromatic N) is 3. The molecule has 19 heavy (non-hydrogen) atoms. The molecule has 1 amide bonds. The highest BCUT2D eigenvalue weighted by Gasteiger charge is 2.26. The molecule has 0 bridgehead atoms. The van der Waals surface area contributed by atoms with Crippen molar-refractivity contribution in [3.05, 3.63) is 20.9 Å². The first-order chi connectivity index (χ1) is 8.99. The number of carbonyl (C=O) groups excluding carboxylic acids is 1. The zero-order valence-corrected chi connectivity index (χ0v) is 14.0. The molecule has 1 aromatic heterocycles. The second-order valence-corrected chi connectivity index (χ2v) is 6.52. The second kappa shape index (κ2) is 6.26. The van der Waals surface area contributed by atoms with Gasteiger partial charge in [0.25, 0.3) is 0 Å². The van der Waals surface area contributed by atoms with Gasteiger partial charge in [-0.3, -0.25) is 4.79 Å². The molecule has 1 fully saturated rings. The Morgan fingerprint density at radius 3 is 2.63 bits per heavy atom. The van der Waals surface area contributed by atoms with Crippen molar-refractivity contribution in [1.29, 1.82) is 0 Å². The van der Waals surface area contributed by atoms with E-state index in [0.29, 0.717) is 5.02 Å². The molecule has 1 saturated heterocycles. The Labute approximate surface area is 132 Å². The maximum absolute atomic E-state index is 11.9. The molecule has 0 aliphatic carbocycles. The van der Waals surface area contributed by atoms with Crippen LogP contribution in [0.5, 0.6) is 0 Å². The summed E-state index contributed by atoms with van der Waals surface area (Å²) >= 11 is 8.19. The predicted molar refractivity (Wildman–Crippen MR) is 85.6 cm³/mol. The lowest BCUT2D eigenvalue weighted by Gasteiger charge is -2.33. The Balaban J connectivity index is 2.00. The third kappa shape index (κ3) is 3.51. The maximum atomic E-state index is 11.9. The van der Waals surface area contributed by atoms with Crippen molar-refractivity contribution in [3.8, 4) is 0 Å². The highest BCUT2D eigenvalue weighted by molar-refractivity contribution is 14.1. The van der Waals surface area contributed by atoms with Crippen LogP contribution in [0.2, 0.25) is 5.02 Å². The monoisotopic (exact) mass is 393 g/mol. The van der Waals surface area contributed by atoms with Gasteiger partial charge in [0, 0.05) is 42.9 Å². The molecule has 2 heterocycles. The highest BCUT2D eigenvalue weighted by atomic mass is 127. The molecule has 0 saturated carbocycles. The zero-order valence-electron chi connectivity index (χ0n) is 11.1. The van der Waals surface area contributed by atoms with E-state index in [4.69, 9.17) is 11.6 Å². The second-order valence-electron chi connectivity index (χ2n) is 4.95. The lowest BCUT2D eigenvalue weighted by Crippen LogP contribution is -2.40. The molecule has 0 N–H and O–H groups in total. The van der Waals surface area contributed by atoms with Gasteiger partial charge in [0.1, 0.15) is 5.82 Å². The van der Waals surface area contributed by atoms with Gasteiger partial charge in [-0.1, -0.05) is 11.6 Å². The largest absolute Gasteiger partial charge is 0.357 e. The molecular formula is C13H17ClIN3O. The molecule has 0 aromatic carbocycles. The van der Waals surface area contributed by atoms with Crippen molar-refractivity contribution in [3.63, 3.8) is 0 Å². The average molecular weight is 394 g/mol. The van der Waals surface area contributed by atoms with E-state index in [1.54, 1.807) is 11.1 Å². The average Bonchev–Trinajstić information content (AvgIpc) is 2.41. The Morgan fingerprint density at radius 1 is 1.47 bits per heavy atom. The number of rotatable bonds is 2. The van der Waals surface area contributed by atoms with Gasteiger partial charge in [-0.05, 0) is 41.5 Å². The number of piperidine rings is 1. The SMILES string of the molecule is CN(C)C(=O)C1CCN(c2cc(I)c(Cl)cn2)CC1. The summed E-state index contributed by atoms with van der Waals surface area (Å²) in [5, 5.41) is 0.682. The minimum Gasteiger partial charge on any atom is -0.357 e. The van der Waals surface area contributed by atoms with Crippen LogP contribution in [-0.4, -0.2) is 43.0 Å². The molecule has 1 aliphatic rings. The third-order valence-corrected chi connectivity index (χ3v) is 4.92. The fourth-order valence-electron chi connectivity index (χ4n) is 2.30. The highest BCUT2D eigenvalue weighted by Crippen LogP contribution is 2.26. The van der Waals surface area contributed by atoms with Crippen LogP contribution in [0.25, 0.3) is 0 Å². The molecule has 6 heteroatoms. The maximum Gasteiger partial charge on any atom is 0.225 e. The molecule has 4 nitrogen and oxygen atoms in total. The van der Waals surface area contributed by atoms with Gasteiger partial charge >= 0.3 is 0 Å². The number of pyridine rings is 1. The van der Waals surface area contributed by atoms with Crippen LogP contribution in [0, 0.1) is 9.49 Å². The van der Waals surface area contributed by atoms with Crippen molar-refractivity contribution in [2.45, 2.75) is 12.8 Å². The van der Waals surface area contributed by atoms with Crippen LogP contribution in [0.3, 0.4) is 0 Å². The molecule has 0 atom stereocenters. The third-order valence-electron chi connectivity index (χ3n) is 3.40. The zero-order chi connectivity index (χ0) is 14.0. The number of hydrogen-bond acceptors (Lipinski definition) is 3. The number of hydrogen-bond donors (Lipinski definition) is 0. The summed E-state index contributed by atoms with van der Waals surface area (Å²) in [5.74, 6) is 1.33. The first-order valence-corrected chi connectivity index (χ1v) is 7.72. The Morgan fingerprint density at radius 2 is 2.11 bits per heavy atom. The Hall–Kier alpha value is -0.560. The van der Waals surface area contributed by atoms with Gasteiger partial charge in [-0.15, -0.1) is 0 Å². The summed E-state index contributed by atoms with van der Waals surface area (Å²) < 4.78 is 1.01. The van der Waals surface area contributed by atoms with E-state index >= 15 is 0 Å². The van der Waals surface area contributed by atoms with Gasteiger partial charge in [-0.2, -0.15) is 0 Å². The van der Waals surface area contributed by atoms with E-state index in [1.807, 2.05) is 20.2 Å². The Bertz CT molecular complexity index is 473. The van der Waals surface area contributed by atoms with Crippen LogP contribution < -0.4 is 4.90 Å². The summed E-state index contributed by atoms with van der Waals surface area (Å²) in [4.78, 5) is 20.2. The normalized spacial score (nSPS) is 16.5. The van der Waals surface area contributed by atoms with E-state index in [2.05, 4.69) is 32.5 Å². The number of aromatic nitrogens is 1. The molecule has 104 valence electrons. The van der Waals surface area contributed by atoms with E-state index in [0.717, 1.165) is 35.3 Å². The lowest BCUT2D eigenvalue weighted by atomic mass is 9.95. The van der Waals surface area contributed by atoms with Crippen molar-refractivity contribution in [1.82, 2.24) is 9.88 Å².